The predicted octanol–water partition coefficient (Wildman–Crippen LogP) is 13.8. The molecule has 6 nitrogen and oxygen atoms in total. The summed E-state index contributed by atoms with van der Waals surface area (Å²) in [4.78, 5) is 26.0. The van der Waals surface area contributed by atoms with Crippen molar-refractivity contribution in [3.05, 3.63) is 72.9 Å². The van der Waals surface area contributed by atoms with Crippen LogP contribution in [0.3, 0.4) is 0 Å². The highest BCUT2D eigenvalue weighted by molar-refractivity contribution is 5.77. The third-order valence-corrected chi connectivity index (χ3v) is 10.3. The summed E-state index contributed by atoms with van der Waals surface area (Å²) >= 11 is 0. The molecule has 0 heterocycles. The van der Waals surface area contributed by atoms with Crippen molar-refractivity contribution >= 4 is 11.9 Å². The lowest BCUT2D eigenvalue weighted by molar-refractivity contribution is -0.150. The van der Waals surface area contributed by atoms with E-state index in [4.69, 9.17) is 4.74 Å². The van der Waals surface area contributed by atoms with Crippen LogP contribution < -0.4 is 5.32 Å². The smallest absolute Gasteiger partial charge is 0.306 e. The van der Waals surface area contributed by atoms with Crippen LogP contribution in [0.25, 0.3) is 0 Å². The number of rotatable bonds is 41. The molecule has 0 saturated carbocycles. The number of esters is 1. The lowest BCUT2D eigenvalue weighted by Gasteiger charge is -2.24. The van der Waals surface area contributed by atoms with Crippen molar-refractivity contribution in [2.45, 2.75) is 232 Å². The van der Waals surface area contributed by atoms with Gasteiger partial charge in [-0.2, -0.15) is 0 Å². The second-order valence-corrected chi connectivity index (χ2v) is 15.8. The van der Waals surface area contributed by atoms with Gasteiger partial charge in [-0.05, 0) is 64.2 Å². The highest BCUT2D eigenvalue weighted by Gasteiger charge is 2.23. The molecule has 0 aliphatic rings. The van der Waals surface area contributed by atoms with Crippen LogP contribution >= 0.6 is 0 Å². The molecule has 328 valence electrons. The van der Waals surface area contributed by atoms with Crippen LogP contribution in [-0.2, 0) is 14.3 Å². The van der Waals surface area contributed by atoms with Gasteiger partial charge in [0, 0.05) is 12.8 Å². The van der Waals surface area contributed by atoms with Gasteiger partial charge in [0.25, 0.3) is 0 Å². The minimum absolute atomic E-state index is 0.00630. The Morgan fingerprint density at radius 1 is 0.544 bits per heavy atom. The summed E-state index contributed by atoms with van der Waals surface area (Å²) in [6, 6.07) is -0.734. The van der Waals surface area contributed by atoms with E-state index in [2.05, 4.69) is 86.8 Å². The monoisotopic (exact) mass is 796 g/mol. The highest BCUT2D eigenvalue weighted by atomic mass is 16.5. The van der Waals surface area contributed by atoms with Crippen LogP contribution in [-0.4, -0.2) is 46.9 Å². The third kappa shape index (κ3) is 39.9. The van der Waals surface area contributed by atoms with Crippen LogP contribution in [0.4, 0.5) is 0 Å². The molecular formula is C51H89NO5. The second kappa shape index (κ2) is 44.4. The summed E-state index contributed by atoms with van der Waals surface area (Å²) in [5.74, 6) is -0.596. The van der Waals surface area contributed by atoms with Gasteiger partial charge in [0.1, 0.15) is 6.10 Å². The first-order valence-corrected chi connectivity index (χ1v) is 23.7. The Morgan fingerprint density at radius 3 is 1.53 bits per heavy atom. The maximum Gasteiger partial charge on any atom is 0.306 e. The van der Waals surface area contributed by atoms with E-state index in [1.165, 1.54) is 83.5 Å². The zero-order valence-corrected chi connectivity index (χ0v) is 37.2. The summed E-state index contributed by atoms with van der Waals surface area (Å²) < 4.78 is 5.84. The Balaban J connectivity index is 4.77. The Morgan fingerprint density at radius 2 is 1.00 bits per heavy atom. The molecule has 0 aliphatic carbocycles. The lowest BCUT2D eigenvalue weighted by atomic mass is 10.0. The molecule has 0 fully saturated rings. The molecule has 0 radical (unpaired) electrons. The molecule has 0 bridgehead atoms. The summed E-state index contributed by atoms with van der Waals surface area (Å²) in [6.45, 7) is 6.28. The third-order valence-electron chi connectivity index (χ3n) is 10.3. The SMILES string of the molecule is CC/C=C\C/C=C\C/C=C\C/C=C\C/C=C\CC(CC(=O)NC(CO)C(O)CCCCCCCCCCCCCC)OC(=O)CCCCCCC/C=C\CCCC. The number of amides is 1. The number of aliphatic hydroxyl groups excluding tert-OH is 2. The maximum atomic E-state index is 13.1. The van der Waals surface area contributed by atoms with Gasteiger partial charge in [-0.25, -0.2) is 0 Å². The molecule has 0 saturated heterocycles. The Hall–Kier alpha value is -2.70. The van der Waals surface area contributed by atoms with E-state index in [-0.39, 0.29) is 24.9 Å². The Bertz CT molecular complexity index is 1070. The number of aliphatic hydroxyl groups is 2. The molecule has 0 aromatic heterocycles. The van der Waals surface area contributed by atoms with Gasteiger partial charge in [-0.3, -0.25) is 9.59 Å². The number of hydrogen-bond acceptors (Lipinski definition) is 5. The molecule has 0 rings (SSSR count). The van der Waals surface area contributed by atoms with Gasteiger partial charge >= 0.3 is 5.97 Å². The van der Waals surface area contributed by atoms with Crippen LogP contribution in [0.2, 0.25) is 0 Å². The molecule has 0 aromatic carbocycles. The molecule has 0 aromatic rings. The van der Waals surface area contributed by atoms with Crippen LogP contribution in [0.1, 0.15) is 213 Å². The zero-order valence-electron chi connectivity index (χ0n) is 37.2. The molecule has 1 amide bonds. The van der Waals surface area contributed by atoms with Crippen LogP contribution in [0.5, 0.6) is 0 Å². The van der Waals surface area contributed by atoms with E-state index < -0.39 is 18.2 Å². The number of carbonyl (C=O) groups excluding carboxylic acids is 2. The van der Waals surface area contributed by atoms with Gasteiger partial charge in [-0.15, -0.1) is 0 Å². The van der Waals surface area contributed by atoms with Crippen molar-refractivity contribution in [2.24, 2.45) is 0 Å². The summed E-state index contributed by atoms with van der Waals surface area (Å²) in [6.07, 6.45) is 55.5. The fourth-order valence-electron chi connectivity index (χ4n) is 6.67. The van der Waals surface area contributed by atoms with Gasteiger partial charge in [-0.1, -0.05) is 203 Å². The van der Waals surface area contributed by atoms with E-state index in [9.17, 15) is 19.8 Å². The molecule has 3 unspecified atom stereocenters. The molecule has 3 N–H and O–H groups in total. The van der Waals surface area contributed by atoms with Gasteiger partial charge in [0.2, 0.25) is 5.91 Å². The van der Waals surface area contributed by atoms with Gasteiger partial charge in [0.05, 0.1) is 25.2 Å². The summed E-state index contributed by atoms with van der Waals surface area (Å²) in [5.41, 5.74) is 0. The van der Waals surface area contributed by atoms with E-state index in [1.807, 2.05) is 12.2 Å². The molecule has 57 heavy (non-hydrogen) atoms. The first kappa shape index (κ1) is 54.3. The number of allylic oxidation sites excluding steroid dienone is 11. The molecule has 6 heteroatoms. The lowest BCUT2D eigenvalue weighted by Crippen LogP contribution is -2.46. The van der Waals surface area contributed by atoms with Crippen molar-refractivity contribution in [2.75, 3.05) is 6.61 Å². The molecular weight excluding hydrogens is 707 g/mol. The van der Waals surface area contributed by atoms with E-state index in [0.29, 0.717) is 19.3 Å². The van der Waals surface area contributed by atoms with E-state index >= 15 is 0 Å². The normalized spacial score (nSPS) is 14.0. The zero-order chi connectivity index (χ0) is 41.7. The second-order valence-electron chi connectivity index (χ2n) is 15.8. The average Bonchev–Trinajstić information content (AvgIpc) is 3.20. The Labute approximate surface area is 351 Å². The summed E-state index contributed by atoms with van der Waals surface area (Å²) in [5, 5.41) is 23.6. The first-order chi connectivity index (χ1) is 28.0. The largest absolute Gasteiger partial charge is 0.461 e. The van der Waals surface area contributed by atoms with Crippen molar-refractivity contribution in [3.63, 3.8) is 0 Å². The van der Waals surface area contributed by atoms with Gasteiger partial charge < -0.3 is 20.3 Å². The predicted molar refractivity (Wildman–Crippen MR) is 245 cm³/mol. The van der Waals surface area contributed by atoms with Crippen molar-refractivity contribution in [1.82, 2.24) is 5.32 Å². The minimum atomic E-state index is -0.814. The topological polar surface area (TPSA) is 95.9 Å². The highest BCUT2D eigenvalue weighted by Crippen LogP contribution is 2.16. The average molecular weight is 796 g/mol. The molecule has 3 atom stereocenters. The molecule has 0 aliphatic heterocycles. The van der Waals surface area contributed by atoms with E-state index in [0.717, 1.165) is 83.5 Å². The quantitative estimate of drug-likeness (QED) is 0.0325. The molecule has 0 spiro atoms. The maximum absolute atomic E-state index is 13.1. The number of nitrogens with one attached hydrogen (secondary N) is 1. The first-order valence-electron chi connectivity index (χ1n) is 23.7. The summed E-state index contributed by atoms with van der Waals surface area (Å²) in [7, 11) is 0. The fourth-order valence-corrected chi connectivity index (χ4v) is 6.67. The number of ether oxygens (including phenoxy) is 1. The van der Waals surface area contributed by atoms with Gasteiger partial charge in [0.15, 0.2) is 0 Å². The fraction of sp³-hybridized carbons (Fsp3) is 0.725. The van der Waals surface area contributed by atoms with Crippen LogP contribution in [0, 0.1) is 0 Å². The van der Waals surface area contributed by atoms with Crippen LogP contribution in [0.15, 0.2) is 72.9 Å². The number of hydrogen-bond donors (Lipinski definition) is 3. The number of carbonyl (C=O) groups is 2. The number of unbranched alkanes of at least 4 members (excludes halogenated alkanes) is 18. The Kier molecular flexibility index (Phi) is 42.3. The van der Waals surface area contributed by atoms with Crippen molar-refractivity contribution in [3.8, 4) is 0 Å². The van der Waals surface area contributed by atoms with E-state index in [1.54, 1.807) is 0 Å². The minimum Gasteiger partial charge on any atom is -0.461 e. The van der Waals surface area contributed by atoms with Crippen molar-refractivity contribution in [1.29, 1.82) is 0 Å². The standard InChI is InChI=1S/C51H89NO5/c1-4-7-10-13-16-19-22-24-25-26-28-30-33-36-39-42-47(57-51(56)44-41-38-35-32-27-21-18-15-12-9-6-3)45-50(55)52-48(46-53)49(54)43-40-37-34-31-29-23-20-17-14-11-8-5-2/h7,10,15-16,18-19,24-25,28,30,36,39,47-49,53-54H,4-6,8-9,11-14,17,20-23,26-27,29,31-35,37-38,40-46H2,1-3H3,(H,52,55)/b10-7-,18-15-,19-16-,25-24-,30-28-,39-36-. The van der Waals surface area contributed by atoms with Crippen molar-refractivity contribution < 1.29 is 24.5 Å².